The Hall–Kier alpha value is -2.00. The van der Waals surface area contributed by atoms with Gasteiger partial charge in [0.2, 0.25) is 0 Å². The maximum atomic E-state index is 5.39. The number of benzene rings is 2. The van der Waals surface area contributed by atoms with Crippen LogP contribution in [0.4, 0.5) is 0 Å². The summed E-state index contributed by atoms with van der Waals surface area (Å²) in [6.07, 6.45) is 0. The lowest BCUT2D eigenvalue weighted by Gasteiger charge is -2.09. The summed E-state index contributed by atoms with van der Waals surface area (Å²) >= 11 is 1.81. The van der Waals surface area contributed by atoms with Crippen molar-refractivity contribution in [1.82, 2.24) is 0 Å². The molecule has 20 heavy (non-hydrogen) atoms. The lowest BCUT2D eigenvalue weighted by molar-refractivity contribution is 0.355. The highest BCUT2D eigenvalue weighted by atomic mass is 32.1. The van der Waals surface area contributed by atoms with Crippen LogP contribution < -0.4 is 9.47 Å². The van der Waals surface area contributed by atoms with Crippen molar-refractivity contribution in [2.75, 3.05) is 14.2 Å². The first-order valence-corrected chi connectivity index (χ1v) is 7.26. The summed E-state index contributed by atoms with van der Waals surface area (Å²) in [6, 6.07) is 14.6. The molecule has 0 fully saturated rings. The molecule has 0 unspecified atom stereocenters. The van der Waals surface area contributed by atoms with Gasteiger partial charge in [-0.25, -0.2) is 0 Å². The predicted molar refractivity (Wildman–Crippen MR) is 85.1 cm³/mol. The Morgan fingerprint density at radius 2 is 1.65 bits per heavy atom. The van der Waals surface area contributed by atoms with Gasteiger partial charge in [0.25, 0.3) is 0 Å². The minimum atomic E-state index is 0.759. The molecule has 0 bridgehead atoms. The highest BCUT2D eigenvalue weighted by Crippen LogP contribution is 2.40. The van der Waals surface area contributed by atoms with E-state index in [1.54, 1.807) is 14.2 Å². The maximum absolute atomic E-state index is 5.39. The van der Waals surface area contributed by atoms with Crippen LogP contribution in [-0.4, -0.2) is 14.2 Å². The average molecular weight is 284 g/mol. The number of aryl methyl sites for hydroxylation is 1. The molecule has 0 N–H and O–H groups in total. The highest BCUT2D eigenvalue weighted by molar-refractivity contribution is 7.22. The molecule has 0 amide bonds. The van der Waals surface area contributed by atoms with Crippen molar-refractivity contribution < 1.29 is 9.47 Å². The van der Waals surface area contributed by atoms with E-state index in [9.17, 15) is 0 Å². The summed E-state index contributed by atoms with van der Waals surface area (Å²) in [5, 5.41) is 1.32. The molecular weight excluding hydrogens is 268 g/mol. The number of methoxy groups -OCH3 is 2. The van der Waals surface area contributed by atoms with E-state index in [4.69, 9.17) is 9.47 Å². The number of fused-ring (bicyclic) bond motifs is 1. The van der Waals surface area contributed by atoms with Crippen molar-refractivity contribution in [1.29, 1.82) is 0 Å². The van der Waals surface area contributed by atoms with Crippen LogP contribution in [0.25, 0.3) is 20.5 Å². The summed E-state index contributed by atoms with van der Waals surface area (Å²) in [4.78, 5) is 1.28. The summed E-state index contributed by atoms with van der Waals surface area (Å²) in [7, 11) is 3.32. The van der Waals surface area contributed by atoms with Crippen LogP contribution >= 0.6 is 11.3 Å². The second-order valence-electron chi connectivity index (χ2n) is 4.62. The van der Waals surface area contributed by atoms with Gasteiger partial charge in [0, 0.05) is 9.58 Å². The number of rotatable bonds is 3. The van der Waals surface area contributed by atoms with Gasteiger partial charge in [-0.15, -0.1) is 11.3 Å². The van der Waals surface area contributed by atoms with Gasteiger partial charge in [-0.2, -0.15) is 0 Å². The van der Waals surface area contributed by atoms with E-state index < -0.39 is 0 Å². The Bertz CT molecular complexity index is 759. The van der Waals surface area contributed by atoms with Gasteiger partial charge < -0.3 is 9.47 Å². The fourth-order valence-corrected chi connectivity index (χ4v) is 3.63. The normalized spacial score (nSPS) is 10.8. The van der Waals surface area contributed by atoms with Gasteiger partial charge in [-0.05, 0) is 47.7 Å². The third kappa shape index (κ3) is 2.04. The Kier molecular flexibility index (Phi) is 3.36. The Morgan fingerprint density at radius 1 is 0.900 bits per heavy atom. The number of hydrogen-bond donors (Lipinski definition) is 0. The first-order valence-electron chi connectivity index (χ1n) is 6.45. The molecule has 0 aliphatic heterocycles. The molecule has 0 aliphatic rings. The molecule has 3 heteroatoms. The first-order chi connectivity index (χ1) is 9.74. The van der Waals surface area contributed by atoms with Gasteiger partial charge in [-0.1, -0.05) is 18.2 Å². The van der Waals surface area contributed by atoms with Crippen molar-refractivity contribution in [3.63, 3.8) is 0 Å². The van der Waals surface area contributed by atoms with Crippen LogP contribution in [0.1, 0.15) is 5.56 Å². The molecule has 2 nitrogen and oxygen atoms in total. The zero-order valence-corrected chi connectivity index (χ0v) is 12.6. The van der Waals surface area contributed by atoms with Crippen LogP contribution in [0.2, 0.25) is 0 Å². The molecule has 3 aromatic rings. The van der Waals surface area contributed by atoms with Gasteiger partial charge in [0.05, 0.1) is 14.2 Å². The zero-order chi connectivity index (χ0) is 14.1. The molecule has 1 aromatic heterocycles. The van der Waals surface area contributed by atoms with E-state index >= 15 is 0 Å². The molecule has 102 valence electrons. The third-order valence-electron chi connectivity index (χ3n) is 3.49. The molecule has 2 aromatic carbocycles. The van der Waals surface area contributed by atoms with Crippen LogP contribution in [0.3, 0.4) is 0 Å². The molecular formula is C17H16O2S. The minimum Gasteiger partial charge on any atom is -0.493 e. The fraction of sp³-hybridized carbons (Fsp3) is 0.176. The van der Waals surface area contributed by atoms with Crippen LogP contribution in [0.15, 0.2) is 42.5 Å². The smallest absolute Gasteiger partial charge is 0.161 e. The predicted octanol–water partition coefficient (Wildman–Crippen LogP) is 4.89. The number of hydrogen-bond acceptors (Lipinski definition) is 3. The summed E-state index contributed by atoms with van der Waals surface area (Å²) < 4.78 is 12.0. The Morgan fingerprint density at radius 3 is 2.35 bits per heavy atom. The van der Waals surface area contributed by atoms with Gasteiger partial charge in [0.15, 0.2) is 11.5 Å². The summed E-state index contributed by atoms with van der Waals surface area (Å²) in [5.41, 5.74) is 2.49. The number of ether oxygens (including phenoxy) is 2. The second kappa shape index (κ2) is 5.17. The zero-order valence-electron chi connectivity index (χ0n) is 11.8. The highest BCUT2D eigenvalue weighted by Gasteiger charge is 2.12. The monoisotopic (exact) mass is 284 g/mol. The Labute approximate surface area is 122 Å². The maximum Gasteiger partial charge on any atom is 0.161 e. The van der Waals surface area contributed by atoms with E-state index in [1.807, 2.05) is 23.5 Å². The summed E-state index contributed by atoms with van der Waals surface area (Å²) in [5.74, 6) is 1.52. The molecule has 0 aliphatic carbocycles. The molecule has 0 atom stereocenters. The van der Waals surface area contributed by atoms with Crippen molar-refractivity contribution >= 4 is 21.4 Å². The molecule has 0 saturated heterocycles. The standard InChI is InChI=1S/C17H16O2S/c1-11-13-6-4-5-7-16(13)20-17(11)12-8-9-14(18-2)15(10-12)19-3/h4-10H,1-3H3. The SMILES string of the molecule is COc1ccc(-c2sc3ccccc3c2C)cc1OC. The van der Waals surface area contributed by atoms with E-state index in [1.165, 1.54) is 26.1 Å². The second-order valence-corrected chi connectivity index (χ2v) is 5.67. The lowest BCUT2D eigenvalue weighted by atomic mass is 10.1. The van der Waals surface area contributed by atoms with Crippen molar-refractivity contribution in [3.8, 4) is 21.9 Å². The van der Waals surface area contributed by atoms with Gasteiger partial charge in [-0.3, -0.25) is 0 Å². The summed E-state index contributed by atoms with van der Waals surface area (Å²) in [6.45, 7) is 2.17. The van der Waals surface area contributed by atoms with E-state index in [0.717, 1.165) is 11.5 Å². The molecule has 1 heterocycles. The number of thiophene rings is 1. The average Bonchev–Trinajstić information content (AvgIpc) is 2.84. The largest absolute Gasteiger partial charge is 0.493 e. The third-order valence-corrected chi connectivity index (χ3v) is 4.81. The fourth-order valence-electron chi connectivity index (χ4n) is 2.43. The quantitative estimate of drug-likeness (QED) is 0.681. The van der Waals surface area contributed by atoms with E-state index in [0.29, 0.717) is 0 Å². The van der Waals surface area contributed by atoms with Crippen molar-refractivity contribution in [2.45, 2.75) is 6.92 Å². The van der Waals surface area contributed by atoms with Gasteiger partial charge >= 0.3 is 0 Å². The van der Waals surface area contributed by atoms with Crippen molar-refractivity contribution in [2.24, 2.45) is 0 Å². The Balaban J connectivity index is 2.18. The molecule has 0 radical (unpaired) electrons. The molecule has 0 spiro atoms. The molecule has 3 rings (SSSR count). The molecule has 0 saturated carbocycles. The van der Waals surface area contributed by atoms with Gasteiger partial charge in [0.1, 0.15) is 0 Å². The van der Waals surface area contributed by atoms with Crippen LogP contribution in [-0.2, 0) is 0 Å². The van der Waals surface area contributed by atoms with Crippen LogP contribution in [0, 0.1) is 6.92 Å². The van der Waals surface area contributed by atoms with E-state index in [2.05, 4.69) is 37.3 Å². The van der Waals surface area contributed by atoms with Crippen molar-refractivity contribution in [3.05, 3.63) is 48.0 Å². The lowest BCUT2D eigenvalue weighted by Crippen LogP contribution is -1.90. The van der Waals surface area contributed by atoms with E-state index in [-0.39, 0.29) is 0 Å². The van der Waals surface area contributed by atoms with Crippen LogP contribution in [0.5, 0.6) is 11.5 Å². The topological polar surface area (TPSA) is 18.5 Å². The minimum absolute atomic E-state index is 0.759. The first kappa shape index (κ1) is 13.0.